The summed E-state index contributed by atoms with van der Waals surface area (Å²) in [7, 11) is 0. The van der Waals surface area contributed by atoms with Crippen molar-refractivity contribution in [3.63, 3.8) is 0 Å². The molecule has 1 fully saturated rings. The first-order chi connectivity index (χ1) is 29.2. The zero-order valence-electron chi connectivity index (χ0n) is 34.9. The number of rotatable bonds is 20. The number of Topliss-reactive ketones (excluding diaryl/α,β-unsaturated/α-hetero) is 1. The van der Waals surface area contributed by atoms with Gasteiger partial charge in [-0.3, -0.25) is 24.0 Å². The van der Waals surface area contributed by atoms with Gasteiger partial charge in [-0.15, -0.1) is 0 Å². The molecule has 0 saturated carbocycles. The third kappa shape index (κ3) is 12.6. The van der Waals surface area contributed by atoms with Gasteiger partial charge in [0.25, 0.3) is 23.5 Å². The smallest absolute Gasteiger partial charge is 0.378 e. The van der Waals surface area contributed by atoms with Crippen molar-refractivity contribution in [2.24, 2.45) is 11.8 Å². The Balaban J connectivity index is 1.42. The van der Waals surface area contributed by atoms with Crippen molar-refractivity contribution in [2.45, 2.75) is 71.1 Å². The van der Waals surface area contributed by atoms with Crippen molar-refractivity contribution in [3.8, 4) is 0 Å². The van der Waals surface area contributed by atoms with Gasteiger partial charge in [0.2, 0.25) is 11.6 Å². The van der Waals surface area contributed by atoms with Crippen molar-refractivity contribution in [3.05, 3.63) is 143 Å². The minimum atomic E-state index is -4.73. The summed E-state index contributed by atoms with van der Waals surface area (Å²) in [6, 6.07) is 29.4. The monoisotopic (exact) mass is 840 g/mol. The molecule has 3 N–H and O–H groups in total. The number of carbonyl (C=O) groups excluding carboxylic acids is 5. The second kappa shape index (κ2) is 21.6. The van der Waals surface area contributed by atoms with E-state index in [9.17, 15) is 24.0 Å². The highest BCUT2D eigenvalue weighted by molar-refractivity contribution is 6.12. The second-order valence-corrected chi connectivity index (χ2v) is 15.7. The van der Waals surface area contributed by atoms with E-state index >= 15 is 8.78 Å². The number of nitrogens with one attached hydrogen (secondary N) is 3. The van der Waals surface area contributed by atoms with Crippen LogP contribution in [-0.2, 0) is 48.2 Å². The first-order valence-corrected chi connectivity index (χ1v) is 20.4. The highest BCUT2D eigenvalue weighted by Crippen LogP contribution is 2.30. The number of carbonyl (C=O) groups is 5. The van der Waals surface area contributed by atoms with Crippen molar-refractivity contribution in [1.29, 1.82) is 0 Å². The summed E-state index contributed by atoms with van der Waals surface area (Å²) in [6.07, 6.45) is -0.598. The van der Waals surface area contributed by atoms with Gasteiger partial charge in [-0.05, 0) is 52.8 Å². The topological polar surface area (TPSA) is 152 Å². The summed E-state index contributed by atoms with van der Waals surface area (Å²) in [6.45, 7) is 8.08. The van der Waals surface area contributed by atoms with Crippen molar-refractivity contribution in [1.82, 2.24) is 20.9 Å². The SMILES string of the molecule is CC(C)C(COCc1ccccc1)NC(=O)C(F)(F)C(=O)C(Cc1ccccc1)(NC(=O)C(NC(=O)c1ccc(C(=O)N2CCOCC2)cc1)C(C)C)OCc1ccccc1. The van der Waals surface area contributed by atoms with Crippen molar-refractivity contribution in [2.75, 3.05) is 32.9 Å². The van der Waals surface area contributed by atoms with E-state index in [0.717, 1.165) is 5.56 Å². The molecule has 1 aliphatic rings. The molecule has 1 saturated heterocycles. The number of hydrogen-bond acceptors (Lipinski definition) is 8. The van der Waals surface area contributed by atoms with E-state index in [1.54, 1.807) is 93.3 Å². The Morgan fingerprint density at radius 1 is 0.689 bits per heavy atom. The molecule has 5 rings (SSSR count). The molecule has 3 atom stereocenters. The minimum absolute atomic E-state index is 0.123. The van der Waals surface area contributed by atoms with E-state index in [2.05, 4.69) is 16.0 Å². The van der Waals surface area contributed by atoms with Gasteiger partial charge in [-0.1, -0.05) is 119 Å². The van der Waals surface area contributed by atoms with Crippen LogP contribution in [0.2, 0.25) is 0 Å². The summed E-state index contributed by atoms with van der Waals surface area (Å²) in [5, 5.41) is 7.44. The largest absolute Gasteiger partial charge is 0.386 e. The highest BCUT2D eigenvalue weighted by atomic mass is 19.3. The van der Waals surface area contributed by atoms with E-state index in [1.165, 1.54) is 24.3 Å². The molecule has 0 spiro atoms. The number of ketones is 1. The lowest BCUT2D eigenvalue weighted by Gasteiger charge is -2.37. The molecule has 0 bridgehead atoms. The maximum atomic E-state index is 16.7. The van der Waals surface area contributed by atoms with Crippen LogP contribution >= 0.6 is 0 Å². The minimum Gasteiger partial charge on any atom is -0.378 e. The quantitative estimate of drug-likeness (QED) is 0.0753. The van der Waals surface area contributed by atoms with Gasteiger partial charge < -0.3 is 35.1 Å². The van der Waals surface area contributed by atoms with Gasteiger partial charge in [0.1, 0.15) is 6.04 Å². The summed E-state index contributed by atoms with van der Waals surface area (Å²) in [5.41, 5.74) is -0.661. The molecule has 61 heavy (non-hydrogen) atoms. The molecule has 4 aromatic rings. The Labute approximate surface area is 355 Å². The maximum absolute atomic E-state index is 16.7. The third-order valence-corrected chi connectivity index (χ3v) is 10.3. The fraction of sp³-hybridized carbons (Fsp3) is 0.383. The molecule has 0 radical (unpaired) electrons. The Morgan fingerprint density at radius 2 is 1.21 bits per heavy atom. The summed E-state index contributed by atoms with van der Waals surface area (Å²) >= 11 is 0. The van der Waals surface area contributed by atoms with Gasteiger partial charge in [0, 0.05) is 30.6 Å². The Kier molecular flexibility index (Phi) is 16.4. The maximum Gasteiger partial charge on any atom is 0.386 e. The molecule has 324 valence electrons. The first kappa shape index (κ1) is 46.2. The molecule has 0 aromatic heterocycles. The van der Waals surface area contributed by atoms with Crippen LogP contribution in [0, 0.1) is 11.8 Å². The van der Waals surface area contributed by atoms with Gasteiger partial charge >= 0.3 is 5.92 Å². The lowest BCUT2D eigenvalue weighted by atomic mass is 9.92. The van der Waals surface area contributed by atoms with E-state index < -0.39 is 66.2 Å². The number of ether oxygens (including phenoxy) is 3. The lowest BCUT2D eigenvalue weighted by Crippen LogP contribution is -2.68. The van der Waals surface area contributed by atoms with Gasteiger partial charge in [0.15, 0.2) is 0 Å². The fourth-order valence-corrected chi connectivity index (χ4v) is 6.64. The number of nitrogens with zero attached hydrogens (tertiary/aromatic N) is 1. The third-order valence-electron chi connectivity index (χ3n) is 10.3. The summed E-state index contributed by atoms with van der Waals surface area (Å²) in [4.78, 5) is 70.9. The van der Waals surface area contributed by atoms with E-state index in [0.29, 0.717) is 43.0 Å². The number of hydrogen-bond donors (Lipinski definition) is 3. The normalized spacial score (nSPS) is 15.0. The number of alkyl halides is 2. The van der Waals surface area contributed by atoms with Crippen LogP contribution < -0.4 is 16.0 Å². The van der Waals surface area contributed by atoms with Crippen LogP contribution in [0.4, 0.5) is 8.78 Å². The number of halogens is 2. The Morgan fingerprint density at radius 3 is 1.75 bits per heavy atom. The lowest BCUT2D eigenvalue weighted by molar-refractivity contribution is -0.184. The predicted octanol–water partition coefficient (Wildman–Crippen LogP) is 5.75. The number of amides is 4. The number of benzene rings is 4. The van der Waals surface area contributed by atoms with Crippen molar-refractivity contribution >= 4 is 29.4 Å². The molecule has 4 aromatic carbocycles. The van der Waals surface area contributed by atoms with Crippen LogP contribution in [-0.4, -0.2) is 91.0 Å². The number of morpholine rings is 1. The zero-order valence-corrected chi connectivity index (χ0v) is 34.9. The molecule has 0 aliphatic carbocycles. The summed E-state index contributed by atoms with van der Waals surface area (Å²) < 4.78 is 50.6. The molecular formula is C47H54F2N4O8. The zero-order chi connectivity index (χ0) is 44.0. The van der Waals surface area contributed by atoms with Gasteiger partial charge in [-0.25, -0.2) is 0 Å². The standard InChI is InChI=1S/C47H54F2N4O8/c1-32(2)39(31-60-29-35-16-10-6-11-17-35)50-45(58)47(48,49)44(57)46(28-34-14-8-5-9-15-34,61-30-36-18-12-7-13-19-36)52-42(55)40(33(3)4)51-41(54)37-20-22-38(23-21-37)43(56)53-24-26-59-27-25-53/h5-23,32-33,39-40H,24-31H2,1-4H3,(H,50,58)(H,51,54)(H,52,55). The van der Waals surface area contributed by atoms with Crippen LogP contribution in [0.15, 0.2) is 115 Å². The summed E-state index contributed by atoms with van der Waals surface area (Å²) in [5.74, 6) is -11.5. The Bertz CT molecular complexity index is 2060. The predicted molar refractivity (Wildman–Crippen MR) is 224 cm³/mol. The van der Waals surface area contributed by atoms with Crippen LogP contribution in [0.5, 0.6) is 0 Å². The molecule has 3 unspecified atom stereocenters. The van der Waals surface area contributed by atoms with Crippen LogP contribution in [0.25, 0.3) is 0 Å². The van der Waals surface area contributed by atoms with Gasteiger partial charge in [-0.2, -0.15) is 8.78 Å². The van der Waals surface area contributed by atoms with E-state index in [-0.39, 0.29) is 30.6 Å². The molecule has 1 heterocycles. The highest BCUT2D eigenvalue weighted by Gasteiger charge is 2.59. The van der Waals surface area contributed by atoms with E-state index in [1.807, 2.05) is 30.3 Å². The molecule has 4 amide bonds. The fourth-order valence-electron chi connectivity index (χ4n) is 6.64. The van der Waals surface area contributed by atoms with Crippen LogP contribution in [0.1, 0.15) is 65.1 Å². The molecular weight excluding hydrogens is 787 g/mol. The Hall–Kier alpha value is -5.83. The molecule has 1 aliphatic heterocycles. The average Bonchev–Trinajstić information content (AvgIpc) is 3.27. The molecule has 12 nitrogen and oxygen atoms in total. The second-order valence-electron chi connectivity index (χ2n) is 15.7. The first-order valence-electron chi connectivity index (χ1n) is 20.4. The molecule has 14 heteroatoms. The van der Waals surface area contributed by atoms with E-state index in [4.69, 9.17) is 14.2 Å². The van der Waals surface area contributed by atoms with Gasteiger partial charge in [0.05, 0.1) is 39.1 Å². The van der Waals surface area contributed by atoms with Crippen LogP contribution in [0.3, 0.4) is 0 Å². The van der Waals surface area contributed by atoms with Crippen molar-refractivity contribution < 1.29 is 47.0 Å². The average molecular weight is 841 g/mol.